The number of ketones is 1. The number of hydrogen-bond donors (Lipinski definition) is 1. The first kappa shape index (κ1) is 14.6. The Morgan fingerprint density at radius 1 is 1.19 bits per heavy atom. The summed E-state index contributed by atoms with van der Waals surface area (Å²) in [4.78, 5) is 12.8. The Morgan fingerprint density at radius 2 is 2.00 bits per heavy atom. The molecule has 1 aliphatic heterocycles. The number of para-hydroxylation sites is 1. The van der Waals surface area contributed by atoms with Crippen LogP contribution in [0.25, 0.3) is 0 Å². The summed E-state index contributed by atoms with van der Waals surface area (Å²) in [5, 5.41) is 3.62. The number of Topliss-reactive ketones (excluding diaryl/α,β-unsaturated/α-hetero) is 1. The normalized spacial score (nSPS) is 28.7. The average Bonchev–Trinajstić information content (AvgIpc) is 2.54. The molecule has 2 aliphatic rings. The maximum absolute atomic E-state index is 12.8. The Labute approximate surface area is 127 Å². The van der Waals surface area contributed by atoms with Crippen LogP contribution in [0.5, 0.6) is 5.75 Å². The molecule has 1 aromatic carbocycles. The highest BCUT2D eigenvalue weighted by atomic mass is 16.5. The molecule has 21 heavy (non-hydrogen) atoms. The lowest BCUT2D eigenvalue weighted by Gasteiger charge is -2.40. The predicted octanol–water partition coefficient (Wildman–Crippen LogP) is 3.58. The van der Waals surface area contributed by atoms with Crippen LogP contribution in [0.3, 0.4) is 0 Å². The van der Waals surface area contributed by atoms with Crippen molar-refractivity contribution in [1.82, 2.24) is 5.32 Å². The highest BCUT2D eigenvalue weighted by Gasteiger charge is 2.35. The molecule has 114 valence electrons. The summed E-state index contributed by atoms with van der Waals surface area (Å²) in [5.41, 5.74) is 0.728. The number of carbonyl (C=O) groups excluding carboxylic acids is 1. The number of benzene rings is 1. The molecule has 1 N–H and O–H groups in total. The smallest absolute Gasteiger partial charge is 0.183 e. The van der Waals surface area contributed by atoms with Gasteiger partial charge in [-0.15, -0.1) is 0 Å². The maximum atomic E-state index is 12.8. The number of rotatable bonds is 4. The van der Waals surface area contributed by atoms with E-state index in [9.17, 15) is 4.79 Å². The number of ether oxygens (including phenoxy) is 1. The van der Waals surface area contributed by atoms with Gasteiger partial charge in [0.25, 0.3) is 0 Å². The molecule has 1 saturated carbocycles. The van der Waals surface area contributed by atoms with Crippen molar-refractivity contribution in [1.29, 1.82) is 0 Å². The fourth-order valence-electron chi connectivity index (χ4n) is 3.84. The molecule has 0 spiro atoms. The number of carbonyl (C=O) groups is 1. The van der Waals surface area contributed by atoms with E-state index < -0.39 is 0 Å². The quantitative estimate of drug-likeness (QED) is 0.860. The minimum atomic E-state index is -0.0362. The molecule has 1 aliphatic carbocycles. The lowest BCUT2D eigenvalue weighted by atomic mass is 9.77. The van der Waals surface area contributed by atoms with Crippen LogP contribution in [-0.2, 0) is 0 Å². The lowest BCUT2D eigenvalue weighted by molar-refractivity contribution is 0.0858. The zero-order valence-electron chi connectivity index (χ0n) is 12.8. The van der Waals surface area contributed by atoms with Crippen molar-refractivity contribution >= 4 is 5.78 Å². The molecule has 0 amide bonds. The Kier molecular flexibility index (Phi) is 4.59. The minimum Gasteiger partial charge on any atom is -0.493 e. The lowest BCUT2D eigenvalue weighted by Crippen LogP contribution is -2.52. The van der Waals surface area contributed by atoms with E-state index in [1.54, 1.807) is 0 Å². The van der Waals surface area contributed by atoms with Gasteiger partial charge in [0.05, 0.1) is 18.2 Å². The van der Waals surface area contributed by atoms with E-state index >= 15 is 0 Å². The van der Waals surface area contributed by atoms with Crippen molar-refractivity contribution in [3.05, 3.63) is 29.8 Å². The zero-order valence-corrected chi connectivity index (χ0v) is 12.8. The third kappa shape index (κ3) is 3.13. The van der Waals surface area contributed by atoms with Crippen molar-refractivity contribution in [3.8, 4) is 5.75 Å². The molecule has 0 radical (unpaired) electrons. The summed E-state index contributed by atoms with van der Waals surface area (Å²) in [6.07, 6.45) is 7.35. The Hall–Kier alpha value is -1.35. The summed E-state index contributed by atoms with van der Waals surface area (Å²) < 4.78 is 5.61. The van der Waals surface area contributed by atoms with E-state index in [4.69, 9.17) is 4.74 Å². The molecular weight excluding hydrogens is 262 g/mol. The zero-order chi connectivity index (χ0) is 14.7. The summed E-state index contributed by atoms with van der Waals surface area (Å²) in [7, 11) is 0. The van der Waals surface area contributed by atoms with Crippen LogP contribution in [0, 0.1) is 5.92 Å². The molecule has 1 heterocycles. The van der Waals surface area contributed by atoms with Crippen molar-refractivity contribution in [2.75, 3.05) is 6.61 Å². The number of hydrogen-bond acceptors (Lipinski definition) is 3. The van der Waals surface area contributed by atoms with Crippen molar-refractivity contribution in [3.63, 3.8) is 0 Å². The van der Waals surface area contributed by atoms with Gasteiger partial charge in [-0.25, -0.2) is 0 Å². The van der Waals surface area contributed by atoms with Gasteiger partial charge >= 0.3 is 0 Å². The summed E-state index contributed by atoms with van der Waals surface area (Å²) in [5.74, 6) is 1.70. The molecule has 1 saturated heterocycles. The molecule has 3 nitrogen and oxygen atoms in total. The number of piperidine rings is 1. The van der Waals surface area contributed by atoms with Gasteiger partial charge in [0.15, 0.2) is 5.78 Å². The topological polar surface area (TPSA) is 38.3 Å². The van der Waals surface area contributed by atoms with Crippen LogP contribution < -0.4 is 10.1 Å². The van der Waals surface area contributed by atoms with E-state index in [0.717, 1.165) is 23.7 Å². The van der Waals surface area contributed by atoms with Crippen LogP contribution in [0.1, 0.15) is 55.8 Å². The summed E-state index contributed by atoms with van der Waals surface area (Å²) in [6, 6.07) is 8.13. The van der Waals surface area contributed by atoms with E-state index in [0.29, 0.717) is 12.6 Å². The Bertz CT molecular complexity index is 500. The first-order valence-corrected chi connectivity index (χ1v) is 8.31. The largest absolute Gasteiger partial charge is 0.493 e. The predicted molar refractivity (Wildman–Crippen MR) is 83.8 cm³/mol. The number of fused-ring (bicyclic) bond motifs is 1. The molecule has 3 rings (SSSR count). The monoisotopic (exact) mass is 287 g/mol. The van der Waals surface area contributed by atoms with Gasteiger partial charge in [-0.2, -0.15) is 0 Å². The number of nitrogens with one attached hydrogen (secondary N) is 1. The summed E-state index contributed by atoms with van der Waals surface area (Å²) in [6.45, 7) is 2.54. The Balaban J connectivity index is 1.73. The van der Waals surface area contributed by atoms with Gasteiger partial charge < -0.3 is 10.1 Å². The SMILES string of the molecule is CCOc1ccccc1C(=O)C1CCC2CCCCC2N1. The van der Waals surface area contributed by atoms with Crippen molar-refractivity contribution < 1.29 is 9.53 Å². The van der Waals surface area contributed by atoms with Crippen LogP contribution in [-0.4, -0.2) is 24.5 Å². The van der Waals surface area contributed by atoms with Crippen LogP contribution in [0.4, 0.5) is 0 Å². The van der Waals surface area contributed by atoms with Crippen LogP contribution in [0.15, 0.2) is 24.3 Å². The standard InChI is InChI=1S/C18H25NO2/c1-2-21-17-10-6-4-8-14(17)18(20)16-12-11-13-7-3-5-9-15(13)19-16/h4,6,8,10,13,15-16,19H,2-3,5,7,9,11-12H2,1H3. The molecule has 3 unspecified atom stereocenters. The molecular formula is C18H25NO2. The second-order valence-electron chi connectivity index (χ2n) is 6.24. The second kappa shape index (κ2) is 6.61. The van der Waals surface area contributed by atoms with Gasteiger partial charge in [0.1, 0.15) is 5.75 Å². The van der Waals surface area contributed by atoms with Crippen molar-refractivity contribution in [2.24, 2.45) is 5.92 Å². The van der Waals surface area contributed by atoms with Gasteiger partial charge in [0, 0.05) is 6.04 Å². The van der Waals surface area contributed by atoms with Crippen LogP contribution in [0.2, 0.25) is 0 Å². The van der Waals surface area contributed by atoms with E-state index in [-0.39, 0.29) is 11.8 Å². The van der Waals surface area contributed by atoms with Gasteiger partial charge in [-0.05, 0) is 50.7 Å². The Morgan fingerprint density at radius 3 is 2.86 bits per heavy atom. The van der Waals surface area contributed by atoms with Gasteiger partial charge in [-0.1, -0.05) is 25.0 Å². The highest BCUT2D eigenvalue weighted by Crippen LogP contribution is 2.33. The molecule has 0 aromatic heterocycles. The maximum Gasteiger partial charge on any atom is 0.183 e. The van der Waals surface area contributed by atoms with Gasteiger partial charge in [-0.3, -0.25) is 4.79 Å². The second-order valence-corrected chi connectivity index (χ2v) is 6.24. The van der Waals surface area contributed by atoms with E-state index in [2.05, 4.69) is 5.32 Å². The fourth-order valence-corrected chi connectivity index (χ4v) is 3.84. The first-order chi connectivity index (χ1) is 10.3. The molecule has 3 atom stereocenters. The molecule has 1 aromatic rings. The average molecular weight is 287 g/mol. The first-order valence-electron chi connectivity index (χ1n) is 8.31. The minimum absolute atomic E-state index is 0.0362. The third-order valence-corrected chi connectivity index (χ3v) is 4.92. The van der Waals surface area contributed by atoms with E-state index in [1.807, 2.05) is 31.2 Å². The van der Waals surface area contributed by atoms with Crippen LogP contribution >= 0.6 is 0 Å². The van der Waals surface area contributed by atoms with Gasteiger partial charge in [0.2, 0.25) is 0 Å². The third-order valence-electron chi connectivity index (χ3n) is 4.92. The fraction of sp³-hybridized carbons (Fsp3) is 0.611. The summed E-state index contributed by atoms with van der Waals surface area (Å²) >= 11 is 0. The molecule has 2 fully saturated rings. The molecule has 3 heteroatoms. The van der Waals surface area contributed by atoms with Crippen molar-refractivity contribution in [2.45, 2.75) is 57.5 Å². The highest BCUT2D eigenvalue weighted by molar-refractivity contribution is 6.02. The van der Waals surface area contributed by atoms with E-state index in [1.165, 1.54) is 32.1 Å². The molecule has 0 bridgehead atoms.